The van der Waals surface area contributed by atoms with Crippen LogP contribution in [0, 0.1) is 5.41 Å². The molecule has 1 aliphatic heterocycles. The van der Waals surface area contributed by atoms with Crippen LogP contribution >= 0.6 is 24.0 Å². The maximum absolute atomic E-state index is 10.6. The van der Waals surface area contributed by atoms with Crippen molar-refractivity contribution in [3.05, 3.63) is 23.8 Å². The monoisotopic (exact) mass is 489 g/mol. The van der Waals surface area contributed by atoms with Gasteiger partial charge in [-0.3, -0.25) is 4.99 Å². The number of methoxy groups -OCH3 is 2. The van der Waals surface area contributed by atoms with Crippen LogP contribution in [0.25, 0.3) is 0 Å². The minimum atomic E-state index is -0.677. The Morgan fingerprint density at radius 2 is 2.00 bits per heavy atom. The van der Waals surface area contributed by atoms with Crippen LogP contribution in [0.2, 0.25) is 0 Å². The Hall–Kier alpha value is -1.22. The SMILES string of the molecule is CCNC(=NCC(O)c1ccc(OC)c(OC)c1)N1CCC2(CCC2)C1.I. The first-order valence-electron chi connectivity index (χ1n) is 9.54. The lowest BCUT2D eigenvalue weighted by molar-refractivity contribution is 0.151. The molecular weight excluding hydrogens is 457 g/mol. The molecule has 7 heteroatoms. The number of ether oxygens (including phenoxy) is 2. The van der Waals surface area contributed by atoms with Crippen molar-refractivity contribution in [2.75, 3.05) is 40.4 Å². The summed E-state index contributed by atoms with van der Waals surface area (Å²) < 4.78 is 10.6. The second-order valence-corrected chi connectivity index (χ2v) is 7.35. The predicted octanol–water partition coefficient (Wildman–Crippen LogP) is 3.20. The first-order valence-corrected chi connectivity index (χ1v) is 9.54. The van der Waals surface area contributed by atoms with Crippen molar-refractivity contribution in [2.45, 2.75) is 38.7 Å². The zero-order valence-electron chi connectivity index (χ0n) is 16.5. The number of nitrogens with one attached hydrogen (secondary N) is 1. The van der Waals surface area contributed by atoms with Crippen LogP contribution in [0.4, 0.5) is 0 Å². The number of aliphatic imine (C=N–C) groups is 1. The van der Waals surface area contributed by atoms with Crippen LogP contribution in [-0.4, -0.2) is 56.4 Å². The van der Waals surface area contributed by atoms with Gasteiger partial charge < -0.3 is 24.8 Å². The van der Waals surface area contributed by atoms with Crippen LogP contribution in [0.3, 0.4) is 0 Å². The smallest absolute Gasteiger partial charge is 0.194 e. The average Bonchev–Trinajstić information content (AvgIpc) is 3.10. The van der Waals surface area contributed by atoms with Gasteiger partial charge in [-0.25, -0.2) is 0 Å². The Labute approximate surface area is 179 Å². The number of hydrogen-bond acceptors (Lipinski definition) is 4. The van der Waals surface area contributed by atoms with Crippen molar-refractivity contribution in [3.63, 3.8) is 0 Å². The van der Waals surface area contributed by atoms with Crippen LogP contribution in [0.5, 0.6) is 11.5 Å². The van der Waals surface area contributed by atoms with Crippen LogP contribution in [0.15, 0.2) is 23.2 Å². The molecule has 1 aromatic rings. The molecule has 0 amide bonds. The fraction of sp³-hybridized carbons (Fsp3) is 0.650. The maximum atomic E-state index is 10.6. The van der Waals surface area contributed by atoms with Crippen molar-refractivity contribution in [1.29, 1.82) is 0 Å². The number of aliphatic hydroxyl groups excluding tert-OH is 1. The Morgan fingerprint density at radius 1 is 1.26 bits per heavy atom. The minimum absolute atomic E-state index is 0. The van der Waals surface area contributed by atoms with Crippen LogP contribution in [-0.2, 0) is 0 Å². The number of nitrogens with zero attached hydrogens (tertiary/aromatic N) is 2. The topological polar surface area (TPSA) is 66.3 Å². The summed E-state index contributed by atoms with van der Waals surface area (Å²) in [6.07, 6.45) is 4.63. The Bertz CT molecular complexity index is 649. The van der Waals surface area contributed by atoms with Gasteiger partial charge in [-0.15, -0.1) is 24.0 Å². The average molecular weight is 489 g/mol. The summed E-state index contributed by atoms with van der Waals surface area (Å²) in [7, 11) is 3.20. The van der Waals surface area contributed by atoms with Gasteiger partial charge in [-0.1, -0.05) is 12.5 Å². The fourth-order valence-electron chi connectivity index (χ4n) is 3.97. The van der Waals surface area contributed by atoms with Gasteiger partial charge in [0.1, 0.15) is 0 Å². The van der Waals surface area contributed by atoms with E-state index in [0.717, 1.165) is 31.2 Å². The quantitative estimate of drug-likeness (QED) is 0.365. The number of benzene rings is 1. The number of halogens is 1. The summed E-state index contributed by atoms with van der Waals surface area (Å²) in [4.78, 5) is 7.05. The van der Waals surface area contributed by atoms with E-state index >= 15 is 0 Å². The third-order valence-corrected chi connectivity index (χ3v) is 5.69. The second-order valence-electron chi connectivity index (χ2n) is 7.35. The van der Waals surface area contributed by atoms with Gasteiger partial charge in [0.25, 0.3) is 0 Å². The third kappa shape index (κ3) is 4.99. The van der Waals surface area contributed by atoms with Gasteiger partial charge in [-0.2, -0.15) is 0 Å². The molecular formula is C20H32IN3O3. The maximum Gasteiger partial charge on any atom is 0.194 e. The Morgan fingerprint density at radius 3 is 2.56 bits per heavy atom. The van der Waals surface area contributed by atoms with Crippen molar-refractivity contribution < 1.29 is 14.6 Å². The molecule has 1 saturated heterocycles. The molecule has 1 heterocycles. The standard InChI is InChI=1S/C20H31N3O3.HI/c1-4-21-19(23-11-10-20(14-23)8-5-9-20)22-13-16(24)15-6-7-17(25-2)18(12-15)26-3;/h6-7,12,16,24H,4-5,8-11,13-14H2,1-3H3,(H,21,22);1H. The van der Waals surface area contributed by atoms with E-state index in [-0.39, 0.29) is 24.0 Å². The molecule has 1 unspecified atom stereocenters. The molecule has 2 aliphatic rings. The van der Waals surface area contributed by atoms with E-state index in [1.54, 1.807) is 14.2 Å². The molecule has 1 spiro atoms. The van der Waals surface area contributed by atoms with E-state index in [1.807, 2.05) is 18.2 Å². The van der Waals surface area contributed by atoms with Crippen molar-refractivity contribution >= 4 is 29.9 Å². The van der Waals surface area contributed by atoms with Gasteiger partial charge in [0.2, 0.25) is 0 Å². The number of aliphatic hydroxyl groups is 1. The van der Waals surface area contributed by atoms with Gasteiger partial charge in [0.05, 0.1) is 26.9 Å². The molecule has 27 heavy (non-hydrogen) atoms. The van der Waals surface area contributed by atoms with Crippen molar-refractivity contribution in [3.8, 4) is 11.5 Å². The van der Waals surface area contributed by atoms with Gasteiger partial charge in [0.15, 0.2) is 17.5 Å². The van der Waals surface area contributed by atoms with Crippen LogP contribution < -0.4 is 14.8 Å². The summed E-state index contributed by atoms with van der Waals surface area (Å²) in [5, 5.41) is 14.0. The molecule has 0 bridgehead atoms. The summed E-state index contributed by atoms with van der Waals surface area (Å²) >= 11 is 0. The first-order chi connectivity index (χ1) is 12.6. The van der Waals surface area contributed by atoms with E-state index < -0.39 is 6.10 Å². The van der Waals surface area contributed by atoms with E-state index in [0.29, 0.717) is 23.5 Å². The second kappa shape index (κ2) is 9.82. The summed E-state index contributed by atoms with van der Waals surface area (Å²) in [5.74, 6) is 2.19. The molecule has 1 atom stereocenters. The summed E-state index contributed by atoms with van der Waals surface area (Å²) in [6.45, 7) is 5.37. The van der Waals surface area contributed by atoms with E-state index in [1.165, 1.54) is 25.7 Å². The fourth-order valence-corrected chi connectivity index (χ4v) is 3.97. The Balaban J connectivity index is 0.00000261. The molecule has 0 radical (unpaired) electrons. The number of guanidine groups is 1. The molecule has 1 aromatic carbocycles. The highest BCUT2D eigenvalue weighted by molar-refractivity contribution is 14.0. The molecule has 1 saturated carbocycles. The minimum Gasteiger partial charge on any atom is -0.493 e. The molecule has 1 aliphatic carbocycles. The highest BCUT2D eigenvalue weighted by atomic mass is 127. The van der Waals surface area contributed by atoms with Gasteiger partial charge in [0, 0.05) is 19.6 Å². The van der Waals surface area contributed by atoms with Crippen LogP contribution in [0.1, 0.15) is 44.3 Å². The lowest BCUT2D eigenvalue weighted by Crippen LogP contribution is -2.42. The molecule has 152 valence electrons. The lowest BCUT2D eigenvalue weighted by Gasteiger charge is -2.38. The molecule has 6 nitrogen and oxygen atoms in total. The summed E-state index contributed by atoms with van der Waals surface area (Å²) in [6, 6.07) is 5.48. The van der Waals surface area contributed by atoms with Crippen molar-refractivity contribution in [1.82, 2.24) is 10.2 Å². The summed E-state index contributed by atoms with van der Waals surface area (Å²) in [5.41, 5.74) is 1.30. The highest BCUT2D eigenvalue weighted by Gasteiger charge is 2.43. The number of hydrogen-bond donors (Lipinski definition) is 2. The van der Waals surface area contributed by atoms with E-state index in [4.69, 9.17) is 14.5 Å². The Kier molecular flexibility index (Phi) is 8.03. The number of rotatable bonds is 6. The predicted molar refractivity (Wildman–Crippen MR) is 118 cm³/mol. The highest BCUT2D eigenvalue weighted by Crippen LogP contribution is 2.47. The van der Waals surface area contributed by atoms with Crippen molar-refractivity contribution in [2.24, 2.45) is 10.4 Å². The zero-order chi connectivity index (χ0) is 18.6. The lowest BCUT2D eigenvalue weighted by atomic mass is 9.68. The molecule has 0 aromatic heterocycles. The van der Waals surface area contributed by atoms with Gasteiger partial charge in [-0.05, 0) is 49.3 Å². The molecule has 2 N–H and O–H groups in total. The third-order valence-electron chi connectivity index (χ3n) is 5.69. The first kappa shape index (κ1) is 22.1. The van der Waals surface area contributed by atoms with E-state index in [2.05, 4.69) is 17.1 Å². The van der Waals surface area contributed by atoms with Gasteiger partial charge >= 0.3 is 0 Å². The largest absolute Gasteiger partial charge is 0.493 e. The molecule has 3 rings (SSSR count). The van der Waals surface area contributed by atoms with E-state index in [9.17, 15) is 5.11 Å². The number of likely N-dealkylation sites (tertiary alicyclic amines) is 1. The zero-order valence-corrected chi connectivity index (χ0v) is 18.9. The molecule has 2 fully saturated rings. The normalized spacial score (nSPS) is 19.3.